The minimum Gasteiger partial charge on any atom is -0.371 e. The molecule has 0 saturated carbocycles. The molecule has 0 unspecified atom stereocenters. The van der Waals surface area contributed by atoms with E-state index in [1.54, 1.807) is 0 Å². The summed E-state index contributed by atoms with van der Waals surface area (Å²) in [6, 6.07) is 12.3. The van der Waals surface area contributed by atoms with Gasteiger partial charge in [0, 0.05) is 18.8 Å². The number of halogens is 3. The average molecular weight is 436 g/mol. The van der Waals surface area contributed by atoms with Gasteiger partial charge in [0.05, 0.1) is 18.3 Å². The molecular formula is C19H29Cl3N4O. The maximum absolute atomic E-state index is 11.2. The summed E-state index contributed by atoms with van der Waals surface area (Å²) < 4.78 is 0. The number of hydrazine groups is 1. The molecular weight excluding hydrogens is 407 g/mol. The number of anilines is 1. The highest BCUT2D eigenvalue weighted by molar-refractivity contribution is 5.86. The molecule has 0 bridgehead atoms. The maximum Gasteiger partial charge on any atom is 0.238 e. The summed E-state index contributed by atoms with van der Waals surface area (Å²) >= 11 is 0. The summed E-state index contributed by atoms with van der Waals surface area (Å²) in [6.07, 6.45) is 4.10. The lowest BCUT2D eigenvalue weighted by Gasteiger charge is -2.20. The standard InChI is InChI=1S/C19H26N4O.3ClH/c1-3-23(4-2)18-12-11-17(21-14-18)10-9-15-5-7-16(8-6-15)13-19(24)22-20;;;/h5-8,11-12,14H,3-4,9-10,13,20H2,1-2H3,(H,22,24);3*1H. The number of carbonyl (C=O) groups excluding carboxylic acids is 1. The van der Waals surface area contributed by atoms with Crippen LogP contribution in [0.1, 0.15) is 30.7 Å². The molecule has 1 heterocycles. The maximum atomic E-state index is 11.2. The van der Waals surface area contributed by atoms with Crippen LogP contribution >= 0.6 is 37.2 Å². The third-order valence-corrected chi connectivity index (χ3v) is 4.16. The fourth-order valence-electron chi connectivity index (χ4n) is 2.67. The van der Waals surface area contributed by atoms with E-state index in [0.29, 0.717) is 6.42 Å². The van der Waals surface area contributed by atoms with E-state index in [-0.39, 0.29) is 43.1 Å². The van der Waals surface area contributed by atoms with Crippen molar-refractivity contribution in [3.05, 3.63) is 59.4 Å². The number of amides is 1. The zero-order chi connectivity index (χ0) is 17.4. The van der Waals surface area contributed by atoms with E-state index in [2.05, 4.69) is 53.4 Å². The highest BCUT2D eigenvalue weighted by atomic mass is 35.5. The Labute approximate surface area is 180 Å². The van der Waals surface area contributed by atoms with Crippen molar-refractivity contribution >= 4 is 48.8 Å². The lowest BCUT2D eigenvalue weighted by Crippen LogP contribution is -2.31. The largest absolute Gasteiger partial charge is 0.371 e. The average Bonchev–Trinajstić information content (AvgIpc) is 2.63. The number of nitrogens with two attached hydrogens (primary N) is 1. The topological polar surface area (TPSA) is 71.2 Å². The molecule has 0 atom stereocenters. The molecule has 0 radical (unpaired) electrons. The van der Waals surface area contributed by atoms with Gasteiger partial charge in [-0.15, -0.1) is 37.2 Å². The van der Waals surface area contributed by atoms with Crippen LogP contribution < -0.4 is 16.2 Å². The van der Waals surface area contributed by atoms with Gasteiger partial charge in [-0.25, -0.2) is 5.84 Å². The van der Waals surface area contributed by atoms with Crippen LogP contribution in [-0.2, 0) is 24.1 Å². The zero-order valence-corrected chi connectivity index (χ0v) is 18.1. The first-order chi connectivity index (χ1) is 11.7. The molecule has 1 aromatic heterocycles. The molecule has 1 aromatic carbocycles. The third kappa shape index (κ3) is 8.80. The second-order valence-electron chi connectivity index (χ2n) is 5.74. The van der Waals surface area contributed by atoms with Crippen LogP contribution in [0.5, 0.6) is 0 Å². The van der Waals surface area contributed by atoms with Crippen molar-refractivity contribution in [2.75, 3.05) is 18.0 Å². The fraction of sp³-hybridized carbons (Fsp3) is 0.368. The molecule has 2 aromatic rings. The molecule has 0 saturated heterocycles. The zero-order valence-electron chi connectivity index (χ0n) is 15.7. The van der Waals surface area contributed by atoms with Crippen LogP contribution in [0.3, 0.4) is 0 Å². The lowest BCUT2D eigenvalue weighted by atomic mass is 10.0. The molecule has 0 fully saturated rings. The van der Waals surface area contributed by atoms with Crippen LogP contribution in [0.4, 0.5) is 5.69 Å². The quantitative estimate of drug-likeness (QED) is 0.378. The molecule has 1 amide bonds. The number of hydrogen-bond acceptors (Lipinski definition) is 4. The van der Waals surface area contributed by atoms with Gasteiger partial charge in [0.25, 0.3) is 0 Å². The van der Waals surface area contributed by atoms with Crippen molar-refractivity contribution in [3.8, 4) is 0 Å². The minimum absolute atomic E-state index is 0. The van der Waals surface area contributed by atoms with Crippen LogP contribution in [0.15, 0.2) is 42.6 Å². The summed E-state index contributed by atoms with van der Waals surface area (Å²) in [5, 5.41) is 0. The van der Waals surface area contributed by atoms with E-state index < -0.39 is 0 Å². The summed E-state index contributed by atoms with van der Waals surface area (Å²) in [5.41, 5.74) is 6.61. The Morgan fingerprint density at radius 2 is 1.56 bits per heavy atom. The van der Waals surface area contributed by atoms with Gasteiger partial charge in [0.15, 0.2) is 0 Å². The summed E-state index contributed by atoms with van der Waals surface area (Å²) in [5.74, 6) is 4.92. The van der Waals surface area contributed by atoms with Gasteiger partial charge >= 0.3 is 0 Å². The Balaban J connectivity index is 0. The van der Waals surface area contributed by atoms with E-state index in [4.69, 9.17) is 5.84 Å². The molecule has 2 rings (SSSR count). The summed E-state index contributed by atoms with van der Waals surface area (Å²) in [7, 11) is 0. The molecule has 3 N–H and O–H groups in total. The van der Waals surface area contributed by atoms with Crippen molar-refractivity contribution < 1.29 is 4.79 Å². The van der Waals surface area contributed by atoms with Crippen molar-refractivity contribution in [1.82, 2.24) is 10.4 Å². The molecule has 0 aliphatic rings. The monoisotopic (exact) mass is 434 g/mol. The number of hydrogen-bond donors (Lipinski definition) is 2. The van der Waals surface area contributed by atoms with Crippen molar-refractivity contribution in [1.29, 1.82) is 0 Å². The first kappa shape index (κ1) is 27.7. The predicted octanol–water partition coefficient (Wildman–Crippen LogP) is 3.51. The Morgan fingerprint density at radius 1 is 0.963 bits per heavy atom. The minimum atomic E-state index is -0.180. The number of nitrogens with zero attached hydrogens (tertiary/aromatic N) is 2. The molecule has 0 aliphatic heterocycles. The van der Waals surface area contributed by atoms with Crippen molar-refractivity contribution in [2.24, 2.45) is 5.84 Å². The first-order valence-electron chi connectivity index (χ1n) is 8.43. The van der Waals surface area contributed by atoms with Gasteiger partial charge in [0.1, 0.15) is 0 Å². The second kappa shape index (κ2) is 14.5. The fourth-order valence-corrected chi connectivity index (χ4v) is 2.67. The van der Waals surface area contributed by atoms with Gasteiger partial charge in [0.2, 0.25) is 5.91 Å². The number of benzene rings is 1. The normalized spacial score (nSPS) is 9.30. The van der Waals surface area contributed by atoms with Gasteiger partial charge < -0.3 is 4.90 Å². The van der Waals surface area contributed by atoms with E-state index in [9.17, 15) is 4.79 Å². The highest BCUT2D eigenvalue weighted by Crippen LogP contribution is 2.14. The van der Waals surface area contributed by atoms with E-state index in [1.807, 2.05) is 18.3 Å². The Morgan fingerprint density at radius 3 is 2.04 bits per heavy atom. The summed E-state index contributed by atoms with van der Waals surface area (Å²) in [4.78, 5) is 18.1. The highest BCUT2D eigenvalue weighted by Gasteiger charge is 2.04. The Hall–Kier alpha value is -1.53. The molecule has 0 spiro atoms. The Kier molecular flexibility index (Phi) is 14.9. The number of pyridine rings is 1. The first-order valence-corrected chi connectivity index (χ1v) is 8.43. The van der Waals surface area contributed by atoms with E-state index in [0.717, 1.165) is 37.2 Å². The molecule has 152 valence electrons. The van der Waals surface area contributed by atoms with Crippen LogP contribution in [0.2, 0.25) is 0 Å². The number of aromatic nitrogens is 1. The van der Waals surface area contributed by atoms with Crippen LogP contribution in [0.25, 0.3) is 0 Å². The molecule has 8 heteroatoms. The molecule has 0 aliphatic carbocycles. The molecule has 27 heavy (non-hydrogen) atoms. The number of nitrogens with one attached hydrogen (secondary N) is 1. The van der Waals surface area contributed by atoms with Crippen LogP contribution in [0, 0.1) is 0 Å². The van der Waals surface area contributed by atoms with Gasteiger partial charge in [-0.2, -0.15) is 0 Å². The van der Waals surface area contributed by atoms with Crippen molar-refractivity contribution in [3.63, 3.8) is 0 Å². The van der Waals surface area contributed by atoms with Gasteiger partial charge in [-0.05, 0) is 49.9 Å². The molecule has 5 nitrogen and oxygen atoms in total. The third-order valence-electron chi connectivity index (χ3n) is 4.16. The predicted molar refractivity (Wildman–Crippen MR) is 119 cm³/mol. The SMILES string of the molecule is CCN(CC)c1ccc(CCc2ccc(CC(=O)NN)cc2)nc1.Cl.Cl.Cl. The van der Waals surface area contributed by atoms with E-state index >= 15 is 0 Å². The Bertz CT molecular complexity index is 647. The van der Waals surface area contributed by atoms with Crippen LogP contribution in [-0.4, -0.2) is 24.0 Å². The van der Waals surface area contributed by atoms with E-state index in [1.165, 1.54) is 11.3 Å². The second-order valence-corrected chi connectivity index (χ2v) is 5.74. The number of rotatable bonds is 8. The number of carbonyl (C=O) groups is 1. The number of aryl methyl sites for hydroxylation is 2. The van der Waals surface area contributed by atoms with Crippen molar-refractivity contribution in [2.45, 2.75) is 33.1 Å². The smallest absolute Gasteiger partial charge is 0.238 e. The lowest BCUT2D eigenvalue weighted by molar-refractivity contribution is -0.120. The van der Waals surface area contributed by atoms with Gasteiger partial charge in [-0.3, -0.25) is 15.2 Å². The summed E-state index contributed by atoms with van der Waals surface area (Å²) in [6.45, 7) is 6.29. The van der Waals surface area contributed by atoms with Gasteiger partial charge in [-0.1, -0.05) is 24.3 Å².